The average molecular weight is 180 g/mol. The zero-order valence-corrected chi connectivity index (χ0v) is 7.43. The third-order valence-corrected chi connectivity index (χ3v) is 2.14. The van der Waals surface area contributed by atoms with Crippen molar-refractivity contribution in [2.45, 2.75) is 19.1 Å². The zero-order valence-electron chi connectivity index (χ0n) is 7.43. The number of hydrogen-bond acceptors (Lipinski definition) is 3. The van der Waals surface area contributed by atoms with Crippen molar-refractivity contribution in [2.24, 2.45) is 0 Å². The molecule has 0 saturated carbocycles. The molecule has 3 nitrogen and oxygen atoms in total. The lowest BCUT2D eigenvalue weighted by Gasteiger charge is -2.30. The van der Waals surface area contributed by atoms with E-state index in [0.717, 1.165) is 5.75 Å². The van der Waals surface area contributed by atoms with Crippen LogP contribution < -0.4 is 9.47 Å². The van der Waals surface area contributed by atoms with Crippen molar-refractivity contribution in [1.82, 2.24) is 0 Å². The molecule has 1 aromatic carbocycles. The van der Waals surface area contributed by atoms with Gasteiger partial charge in [-0.2, -0.15) is 0 Å². The number of benzene rings is 1. The fourth-order valence-electron chi connectivity index (χ4n) is 1.37. The molecular formula is C10H12O3. The van der Waals surface area contributed by atoms with Crippen LogP contribution in [0.15, 0.2) is 24.3 Å². The molecule has 70 valence electrons. The quantitative estimate of drug-likeness (QED) is 0.706. The van der Waals surface area contributed by atoms with Gasteiger partial charge in [0.1, 0.15) is 6.10 Å². The van der Waals surface area contributed by atoms with Crippen LogP contribution in [0.2, 0.25) is 0 Å². The van der Waals surface area contributed by atoms with Gasteiger partial charge >= 0.3 is 0 Å². The van der Waals surface area contributed by atoms with Crippen LogP contribution in [0.4, 0.5) is 0 Å². The van der Waals surface area contributed by atoms with Crippen LogP contribution in [0.25, 0.3) is 0 Å². The topological polar surface area (TPSA) is 38.7 Å². The van der Waals surface area contributed by atoms with Crippen molar-refractivity contribution in [3.8, 4) is 11.5 Å². The Kier molecular flexibility index (Phi) is 2.10. The molecule has 2 atom stereocenters. The standard InChI is InChI=1S/C10H12O3/c1-7-10(6-11)13-9-5-3-2-4-8(9)12-7/h2-5,7,10-11H,6H2,1H3/t7-,10-/m1/s1. The first-order chi connectivity index (χ1) is 6.31. The van der Waals surface area contributed by atoms with E-state index in [9.17, 15) is 0 Å². The van der Waals surface area contributed by atoms with Crippen molar-refractivity contribution in [2.75, 3.05) is 6.61 Å². The molecule has 0 radical (unpaired) electrons. The molecule has 1 N–H and O–H groups in total. The van der Waals surface area contributed by atoms with E-state index in [-0.39, 0.29) is 18.8 Å². The summed E-state index contributed by atoms with van der Waals surface area (Å²) < 4.78 is 11.1. The highest BCUT2D eigenvalue weighted by atomic mass is 16.6. The summed E-state index contributed by atoms with van der Waals surface area (Å²) in [6, 6.07) is 7.48. The summed E-state index contributed by atoms with van der Waals surface area (Å²) in [5.74, 6) is 1.46. The fraction of sp³-hybridized carbons (Fsp3) is 0.400. The molecule has 1 aliphatic heterocycles. The van der Waals surface area contributed by atoms with Crippen molar-refractivity contribution in [3.63, 3.8) is 0 Å². The van der Waals surface area contributed by atoms with Gasteiger partial charge in [-0.3, -0.25) is 0 Å². The Balaban J connectivity index is 2.27. The number of fused-ring (bicyclic) bond motifs is 1. The molecule has 1 aliphatic rings. The lowest BCUT2D eigenvalue weighted by atomic mass is 10.2. The minimum atomic E-state index is -0.255. The monoisotopic (exact) mass is 180 g/mol. The van der Waals surface area contributed by atoms with Crippen LogP contribution in [-0.2, 0) is 0 Å². The van der Waals surface area contributed by atoms with Crippen LogP contribution in [0.5, 0.6) is 11.5 Å². The SMILES string of the molecule is C[C@H]1Oc2ccccc2O[C@@H]1CO. The number of para-hydroxylation sites is 2. The molecule has 1 heterocycles. The van der Waals surface area contributed by atoms with Gasteiger partial charge in [-0.1, -0.05) is 12.1 Å². The van der Waals surface area contributed by atoms with Crippen molar-refractivity contribution < 1.29 is 14.6 Å². The second kappa shape index (κ2) is 3.26. The molecule has 0 unspecified atom stereocenters. The van der Waals surface area contributed by atoms with Crippen LogP contribution in [0.3, 0.4) is 0 Å². The minimum Gasteiger partial charge on any atom is -0.483 e. The highest BCUT2D eigenvalue weighted by molar-refractivity contribution is 5.41. The molecule has 13 heavy (non-hydrogen) atoms. The molecule has 0 bridgehead atoms. The van der Waals surface area contributed by atoms with Crippen molar-refractivity contribution >= 4 is 0 Å². The van der Waals surface area contributed by atoms with E-state index in [0.29, 0.717) is 5.75 Å². The fourth-order valence-corrected chi connectivity index (χ4v) is 1.37. The van der Waals surface area contributed by atoms with E-state index in [4.69, 9.17) is 14.6 Å². The van der Waals surface area contributed by atoms with Crippen molar-refractivity contribution in [1.29, 1.82) is 0 Å². The zero-order chi connectivity index (χ0) is 9.26. The highest BCUT2D eigenvalue weighted by Crippen LogP contribution is 2.33. The van der Waals surface area contributed by atoms with E-state index in [1.165, 1.54) is 0 Å². The van der Waals surface area contributed by atoms with E-state index in [2.05, 4.69) is 0 Å². The number of aliphatic hydroxyl groups excluding tert-OH is 1. The summed E-state index contributed by atoms with van der Waals surface area (Å²) in [4.78, 5) is 0. The molecule has 0 fully saturated rings. The first kappa shape index (κ1) is 8.38. The number of aliphatic hydroxyl groups is 1. The molecule has 0 saturated heterocycles. The Morgan fingerprint density at radius 1 is 1.23 bits per heavy atom. The molecule has 1 aromatic rings. The first-order valence-electron chi connectivity index (χ1n) is 4.34. The molecule has 0 amide bonds. The number of rotatable bonds is 1. The maximum Gasteiger partial charge on any atom is 0.161 e. The lowest BCUT2D eigenvalue weighted by molar-refractivity contribution is -0.00186. The molecule has 0 aromatic heterocycles. The van der Waals surface area contributed by atoms with E-state index in [1.807, 2.05) is 31.2 Å². The van der Waals surface area contributed by atoms with Gasteiger partial charge in [0, 0.05) is 0 Å². The summed E-state index contributed by atoms with van der Waals surface area (Å²) in [7, 11) is 0. The number of hydrogen-bond donors (Lipinski definition) is 1. The molecule has 0 aliphatic carbocycles. The Labute approximate surface area is 76.9 Å². The third kappa shape index (κ3) is 1.47. The molecule has 0 spiro atoms. The lowest BCUT2D eigenvalue weighted by Crippen LogP contribution is -2.40. The molecule has 2 rings (SSSR count). The van der Waals surface area contributed by atoms with Gasteiger partial charge in [-0.15, -0.1) is 0 Å². The minimum absolute atomic E-state index is 0.0184. The largest absolute Gasteiger partial charge is 0.483 e. The molecular weight excluding hydrogens is 168 g/mol. The van der Waals surface area contributed by atoms with Crippen molar-refractivity contribution in [3.05, 3.63) is 24.3 Å². The second-order valence-electron chi connectivity index (χ2n) is 3.11. The maximum atomic E-state index is 8.98. The van der Waals surface area contributed by atoms with Gasteiger partial charge in [0.2, 0.25) is 0 Å². The summed E-state index contributed by atoms with van der Waals surface area (Å²) in [6.45, 7) is 1.87. The molecule has 3 heteroatoms. The maximum absolute atomic E-state index is 8.98. The van der Waals surface area contributed by atoms with Crippen LogP contribution in [-0.4, -0.2) is 23.9 Å². The summed E-state index contributed by atoms with van der Waals surface area (Å²) in [5, 5.41) is 8.98. The van der Waals surface area contributed by atoms with E-state index < -0.39 is 0 Å². The first-order valence-corrected chi connectivity index (χ1v) is 4.34. The van der Waals surface area contributed by atoms with Crippen LogP contribution in [0.1, 0.15) is 6.92 Å². The van der Waals surface area contributed by atoms with Gasteiger partial charge in [0.25, 0.3) is 0 Å². The highest BCUT2D eigenvalue weighted by Gasteiger charge is 2.26. The summed E-state index contributed by atoms with van der Waals surface area (Å²) in [5.41, 5.74) is 0. The third-order valence-electron chi connectivity index (χ3n) is 2.14. The van der Waals surface area contributed by atoms with Gasteiger partial charge in [0.15, 0.2) is 17.6 Å². The Hall–Kier alpha value is -1.22. The van der Waals surface area contributed by atoms with Gasteiger partial charge in [-0.25, -0.2) is 0 Å². The summed E-state index contributed by atoms with van der Waals surface area (Å²) in [6.07, 6.45) is -0.352. The van der Waals surface area contributed by atoms with Gasteiger partial charge in [0.05, 0.1) is 6.61 Å². The second-order valence-corrected chi connectivity index (χ2v) is 3.11. The summed E-state index contributed by atoms with van der Waals surface area (Å²) >= 11 is 0. The van der Waals surface area contributed by atoms with E-state index in [1.54, 1.807) is 0 Å². The Bertz CT molecular complexity index is 298. The predicted molar refractivity (Wildman–Crippen MR) is 48.0 cm³/mol. The Morgan fingerprint density at radius 2 is 1.85 bits per heavy atom. The normalized spacial score (nSPS) is 25.7. The van der Waals surface area contributed by atoms with E-state index >= 15 is 0 Å². The van der Waals surface area contributed by atoms with Gasteiger partial charge in [-0.05, 0) is 19.1 Å². The Morgan fingerprint density at radius 3 is 2.46 bits per heavy atom. The van der Waals surface area contributed by atoms with Gasteiger partial charge < -0.3 is 14.6 Å². The average Bonchev–Trinajstić information content (AvgIpc) is 2.17. The number of ether oxygens (including phenoxy) is 2. The predicted octanol–water partition coefficient (Wildman–Crippen LogP) is 1.21. The smallest absolute Gasteiger partial charge is 0.161 e. The van der Waals surface area contributed by atoms with Crippen LogP contribution >= 0.6 is 0 Å². The van der Waals surface area contributed by atoms with Crippen LogP contribution in [0, 0.1) is 0 Å².